The third-order valence-corrected chi connectivity index (χ3v) is 3.50. The van der Waals surface area contributed by atoms with E-state index < -0.39 is 0 Å². The third kappa shape index (κ3) is 6.51. The number of hydrogen-bond donors (Lipinski definition) is 1. The third-order valence-electron chi connectivity index (χ3n) is 3.50. The van der Waals surface area contributed by atoms with Crippen molar-refractivity contribution < 1.29 is 19.0 Å². The average Bonchev–Trinajstić information content (AvgIpc) is 2.69. The molecular weight excluding hydrogens is 344 g/mol. The Kier molecular flexibility index (Phi) is 7.91. The Bertz CT molecular complexity index is 798. The smallest absolute Gasteiger partial charge is 0.264 e. The SMILES string of the molecule is CCOc1ccc(/C=N/NC(=O)/C=C/c2ccc(OC)cc2)cc1OCC. The quantitative estimate of drug-likeness (QED) is 0.417. The molecule has 6 nitrogen and oxygen atoms in total. The van der Waals surface area contributed by atoms with Crippen molar-refractivity contribution in [2.24, 2.45) is 5.10 Å². The number of methoxy groups -OCH3 is 1. The van der Waals surface area contributed by atoms with Crippen molar-refractivity contribution >= 4 is 18.2 Å². The van der Waals surface area contributed by atoms with Crippen LogP contribution in [0.4, 0.5) is 0 Å². The Morgan fingerprint density at radius 1 is 1.00 bits per heavy atom. The van der Waals surface area contributed by atoms with E-state index in [0.717, 1.165) is 16.9 Å². The lowest BCUT2D eigenvalue weighted by atomic mass is 10.2. The van der Waals surface area contributed by atoms with E-state index in [-0.39, 0.29) is 5.91 Å². The van der Waals surface area contributed by atoms with Crippen LogP contribution in [-0.2, 0) is 4.79 Å². The van der Waals surface area contributed by atoms with Crippen molar-refractivity contribution in [3.63, 3.8) is 0 Å². The molecule has 27 heavy (non-hydrogen) atoms. The second-order valence-corrected chi connectivity index (χ2v) is 5.41. The molecule has 0 saturated heterocycles. The summed E-state index contributed by atoms with van der Waals surface area (Å²) < 4.78 is 16.2. The minimum Gasteiger partial charge on any atom is -0.497 e. The number of amides is 1. The molecule has 0 aliphatic rings. The number of ether oxygens (including phenoxy) is 3. The Morgan fingerprint density at radius 2 is 1.67 bits per heavy atom. The van der Waals surface area contributed by atoms with Crippen molar-refractivity contribution in [2.75, 3.05) is 20.3 Å². The van der Waals surface area contributed by atoms with Gasteiger partial charge in [-0.2, -0.15) is 5.10 Å². The lowest BCUT2D eigenvalue weighted by molar-refractivity contribution is -0.116. The molecular formula is C21H24N2O4. The first kappa shape index (κ1) is 20.0. The molecule has 2 aromatic carbocycles. The molecule has 0 bridgehead atoms. The van der Waals surface area contributed by atoms with E-state index in [9.17, 15) is 4.79 Å². The summed E-state index contributed by atoms with van der Waals surface area (Å²) in [6.07, 6.45) is 4.68. The van der Waals surface area contributed by atoms with Gasteiger partial charge in [0.25, 0.3) is 5.91 Å². The van der Waals surface area contributed by atoms with E-state index in [4.69, 9.17) is 14.2 Å². The molecule has 1 amide bonds. The fourth-order valence-corrected chi connectivity index (χ4v) is 2.24. The summed E-state index contributed by atoms with van der Waals surface area (Å²) in [5, 5.41) is 3.97. The van der Waals surface area contributed by atoms with Crippen molar-refractivity contribution in [3.8, 4) is 17.2 Å². The second-order valence-electron chi connectivity index (χ2n) is 5.41. The summed E-state index contributed by atoms with van der Waals surface area (Å²) in [6.45, 7) is 4.92. The van der Waals surface area contributed by atoms with Crippen molar-refractivity contribution in [2.45, 2.75) is 13.8 Å². The number of hydrogen-bond acceptors (Lipinski definition) is 5. The largest absolute Gasteiger partial charge is 0.497 e. The maximum atomic E-state index is 11.9. The Labute approximate surface area is 159 Å². The summed E-state index contributed by atoms with van der Waals surface area (Å²) >= 11 is 0. The highest BCUT2D eigenvalue weighted by Crippen LogP contribution is 2.27. The predicted molar refractivity (Wildman–Crippen MR) is 107 cm³/mol. The summed E-state index contributed by atoms with van der Waals surface area (Å²) in [5.74, 6) is 1.78. The standard InChI is InChI=1S/C21H24N2O4/c1-4-26-19-12-8-17(14-20(19)27-5-2)15-22-23-21(24)13-9-16-6-10-18(25-3)11-7-16/h6-15H,4-5H2,1-3H3,(H,23,24)/b13-9+,22-15+. The second kappa shape index (κ2) is 10.7. The zero-order valence-electron chi connectivity index (χ0n) is 15.8. The van der Waals surface area contributed by atoms with E-state index in [2.05, 4.69) is 10.5 Å². The fourth-order valence-electron chi connectivity index (χ4n) is 2.24. The molecule has 0 aliphatic carbocycles. The normalized spacial score (nSPS) is 10.9. The highest BCUT2D eigenvalue weighted by atomic mass is 16.5. The fraction of sp³-hybridized carbons (Fsp3) is 0.238. The zero-order chi connectivity index (χ0) is 19.5. The summed E-state index contributed by atoms with van der Waals surface area (Å²) in [6, 6.07) is 12.9. The van der Waals surface area contributed by atoms with Crippen LogP contribution in [0.3, 0.4) is 0 Å². The first-order valence-corrected chi connectivity index (χ1v) is 8.71. The lowest BCUT2D eigenvalue weighted by Gasteiger charge is -2.11. The topological polar surface area (TPSA) is 69.2 Å². The number of nitrogens with zero attached hydrogens (tertiary/aromatic N) is 1. The monoisotopic (exact) mass is 368 g/mol. The van der Waals surface area contributed by atoms with Gasteiger partial charge in [-0.1, -0.05) is 12.1 Å². The van der Waals surface area contributed by atoms with Gasteiger partial charge in [0.05, 0.1) is 26.5 Å². The van der Waals surface area contributed by atoms with Crippen LogP contribution in [0.25, 0.3) is 6.08 Å². The number of carbonyl (C=O) groups excluding carboxylic acids is 1. The zero-order valence-corrected chi connectivity index (χ0v) is 15.8. The predicted octanol–water partition coefficient (Wildman–Crippen LogP) is 3.66. The minimum absolute atomic E-state index is 0.321. The molecule has 1 N–H and O–H groups in total. The van der Waals surface area contributed by atoms with Crippen LogP contribution in [0.1, 0.15) is 25.0 Å². The Balaban J connectivity index is 1.94. The summed E-state index contributed by atoms with van der Waals surface area (Å²) in [5.41, 5.74) is 4.15. The van der Waals surface area contributed by atoms with Crippen LogP contribution in [0.15, 0.2) is 53.6 Å². The molecule has 0 saturated carbocycles. The van der Waals surface area contributed by atoms with Gasteiger partial charge >= 0.3 is 0 Å². The molecule has 0 spiro atoms. The highest BCUT2D eigenvalue weighted by molar-refractivity contribution is 5.92. The number of hydrazone groups is 1. The molecule has 0 radical (unpaired) electrons. The number of nitrogens with one attached hydrogen (secondary N) is 1. The van der Waals surface area contributed by atoms with Crippen molar-refractivity contribution in [1.29, 1.82) is 0 Å². The maximum Gasteiger partial charge on any atom is 0.264 e. The van der Waals surface area contributed by atoms with Gasteiger partial charge in [0.15, 0.2) is 11.5 Å². The minimum atomic E-state index is -0.321. The van der Waals surface area contributed by atoms with Crippen LogP contribution >= 0.6 is 0 Å². The summed E-state index contributed by atoms with van der Waals surface area (Å²) in [4.78, 5) is 11.9. The molecule has 6 heteroatoms. The Morgan fingerprint density at radius 3 is 2.33 bits per heavy atom. The van der Waals surface area contributed by atoms with Crippen molar-refractivity contribution in [3.05, 3.63) is 59.7 Å². The molecule has 0 atom stereocenters. The average molecular weight is 368 g/mol. The lowest BCUT2D eigenvalue weighted by Crippen LogP contribution is -2.14. The highest BCUT2D eigenvalue weighted by Gasteiger charge is 2.05. The molecule has 142 valence electrons. The molecule has 0 unspecified atom stereocenters. The van der Waals surface area contributed by atoms with Crippen LogP contribution < -0.4 is 19.6 Å². The first-order valence-electron chi connectivity index (χ1n) is 8.71. The molecule has 2 aromatic rings. The van der Waals surface area contributed by atoms with E-state index in [1.807, 2.05) is 56.3 Å². The summed E-state index contributed by atoms with van der Waals surface area (Å²) in [7, 11) is 1.61. The number of carbonyl (C=O) groups is 1. The van der Waals surface area contributed by atoms with Gasteiger partial charge in [-0.3, -0.25) is 4.79 Å². The van der Waals surface area contributed by atoms with Gasteiger partial charge in [-0.25, -0.2) is 5.43 Å². The molecule has 0 aromatic heterocycles. The molecule has 0 heterocycles. The number of rotatable bonds is 9. The Hall–Kier alpha value is -3.28. The van der Waals surface area contributed by atoms with Gasteiger partial charge in [0, 0.05) is 6.08 Å². The number of benzene rings is 2. The van der Waals surface area contributed by atoms with E-state index in [1.165, 1.54) is 6.08 Å². The van der Waals surface area contributed by atoms with E-state index in [1.54, 1.807) is 19.4 Å². The van der Waals surface area contributed by atoms with Crippen molar-refractivity contribution in [1.82, 2.24) is 5.43 Å². The molecule has 0 fully saturated rings. The maximum absolute atomic E-state index is 11.9. The first-order chi connectivity index (χ1) is 13.2. The molecule has 2 rings (SSSR count). The van der Waals surface area contributed by atoms with Gasteiger partial charge in [0.1, 0.15) is 5.75 Å². The van der Waals surface area contributed by atoms with Gasteiger partial charge in [-0.15, -0.1) is 0 Å². The van der Waals surface area contributed by atoms with Crippen LogP contribution in [0.2, 0.25) is 0 Å². The van der Waals surface area contributed by atoms with Gasteiger partial charge in [-0.05, 0) is 61.4 Å². The molecule has 0 aliphatic heterocycles. The van der Waals surface area contributed by atoms with Crippen LogP contribution in [-0.4, -0.2) is 32.4 Å². The van der Waals surface area contributed by atoms with Crippen LogP contribution in [0, 0.1) is 0 Å². The van der Waals surface area contributed by atoms with E-state index >= 15 is 0 Å². The van der Waals surface area contributed by atoms with Crippen LogP contribution in [0.5, 0.6) is 17.2 Å². The van der Waals surface area contributed by atoms with Gasteiger partial charge in [0.2, 0.25) is 0 Å². The van der Waals surface area contributed by atoms with Gasteiger partial charge < -0.3 is 14.2 Å². The van der Waals surface area contributed by atoms with E-state index in [0.29, 0.717) is 24.7 Å².